The molecule has 0 spiro atoms. The molecule has 2 heterocycles. The summed E-state index contributed by atoms with van der Waals surface area (Å²) in [6.07, 6.45) is 1.09. The molecular weight excluding hydrogens is 463 g/mol. The van der Waals surface area contributed by atoms with Gasteiger partial charge in [0.15, 0.2) is 12.4 Å². The fourth-order valence-corrected chi connectivity index (χ4v) is 4.29. The van der Waals surface area contributed by atoms with Crippen LogP contribution in [0.25, 0.3) is 0 Å². The van der Waals surface area contributed by atoms with Crippen LogP contribution in [0.15, 0.2) is 30.3 Å². The summed E-state index contributed by atoms with van der Waals surface area (Å²) in [6, 6.07) is 9.36. The van der Waals surface area contributed by atoms with Gasteiger partial charge in [0.2, 0.25) is 29.1 Å². The van der Waals surface area contributed by atoms with Crippen molar-refractivity contribution in [1.29, 1.82) is 0 Å². The Morgan fingerprint density at radius 1 is 0.941 bits per heavy atom. The number of hydrogen-bond donors (Lipinski definition) is 0. The van der Waals surface area contributed by atoms with Crippen molar-refractivity contribution in [1.82, 2.24) is 9.80 Å². The highest BCUT2D eigenvalue weighted by Gasteiger charge is 2.40. The maximum atomic E-state index is 13.7. The molecule has 2 amide bonds. The average molecular weight is 484 g/mol. The van der Waals surface area contributed by atoms with Crippen molar-refractivity contribution in [3.63, 3.8) is 0 Å². The molecule has 2 aromatic rings. The van der Waals surface area contributed by atoms with Gasteiger partial charge in [-0.2, -0.15) is 8.78 Å². The Morgan fingerprint density at radius 2 is 1.53 bits per heavy atom. The molecule has 34 heavy (non-hydrogen) atoms. The summed E-state index contributed by atoms with van der Waals surface area (Å²) in [4.78, 5) is 27.8. The first kappa shape index (κ1) is 23.8. The van der Waals surface area contributed by atoms with Gasteiger partial charge in [-0.05, 0) is 24.8 Å². The standard InChI is InChI=1S/C23H21F5N2O4/c24-17-18(25)20(27)22(21(28)19(17)26)33-12-16(31)29-8-6-14(7-9-29)30-15(11-34-23(30)32)10-13-4-2-1-3-5-13/h1-5,14-15H,6-12H2. The molecule has 4 rings (SSSR count). The van der Waals surface area contributed by atoms with Gasteiger partial charge in [0, 0.05) is 19.1 Å². The van der Waals surface area contributed by atoms with Crippen LogP contribution in [0.3, 0.4) is 0 Å². The average Bonchev–Trinajstić information content (AvgIpc) is 3.21. The molecule has 2 aliphatic rings. The van der Waals surface area contributed by atoms with Gasteiger partial charge in [-0.15, -0.1) is 0 Å². The molecule has 0 bridgehead atoms. The van der Waals surface area contributed by atoms with Crippen molar-refractivity contribution in [2.24, 2.45) is 0 Å². The highest BCUT2D eigenvalue weighted by atomic mass is 19.2. The second kappa shape index (κ2) is 9.86. The van der Waals surface area contributed by atoms with Gasteiger partial charge in [0.05, 0.1) is 6.04 Å². The van der Waals surface area contributed by atoms with Crippen LogP contribution in [0.2, 0.25) is 0 Å². The highest BCUT2D eigenvalue weighted by molar-refractivity contribution is 5.78. The van der Waals surface area contributed by atoms with Crippen LogP contribution in [0.5, 0.6) is 5.75 Å². The molecule has 182 valence electrons. The Hall–Kier alpha value is -3.37. The lowest BCUT2D eigenvalue weighted by molar-refractivity contribution is -0.134. The Kier molecular flexibility index (Phi) is 6.90. The Balaban J connectivity index is 1.34. The molecule has 2 aromatic carbocycles. The Morgan fingerprint density at radius 3 is 2.15 bits per heavy atom. The predicted molar refractivity (Wildman–Crippen MR) is 108 cm³/mol. The maximum absolute atomic E-state index is 13.7. The van der Waals surface area contributed by atoms with Crippen molar-refractivity contribution >= 4 is 12.0 Å². The van der Waals surface area contributed by atoms with Crippen LogP contribution in [0, 0.1) is 29.1 Å². The maximum Gasteiger partial charge on any atom is 0.410 e. The van der Waals surface area contributed by atoms with E-state index in [4.69, 9.17) is 4.74 Å². The topological polar surface area (TPSA) is 59.1 Å². The SMILES string of the molecule is O=C(COc1c(F)c(F)c(F)c(F)c1F)N1CCC(N2C(=O)OCC2Cc2ccccc2)CC1. The molecule has 0 radical (unpaired) electrons. The summed E-state index contributed by atoms with van der Waals surface area (Å²) in [5, 5.41) is 0. The van der Waals surface area contributed by atoms with Gasteiger partial charge in [0.25, 0.3) is 5.91 Å². The van der Waals surface area contributed by atoms with Crippen LogP contribution >= 0.6 is 0 Å². The number of halogens is 5. The molecule has 0 aliphatic carbocycles. The fourth-order valence-electron chi connectivity index (χ4n) is 4.29. The smallest absolute Gasteiger partial charge is 0.410 e. The summed E-state index contributed by atoms with van der Waals surface area (Å²) in [7, 11) is 0. The lowest BCUT2D eigenvalue weighted by Crippen LogP contribution is -2.50. The summed E-state index contributed by atoms with van der Waals surface area (Å²) in [5.41, 5.74) is 1.06. The molecule has 6 nitrogen and oxygen atoms in total. The first-order valence-electron chi connectivity index (χ1n) is 10.7. The van der Waals surface area contributed by atoms with E-state index >= 15 is 0 Å². The predicted octanol–water partition coefficient (Wildman–Crippen LogP) is 3.82. The van der Waals surface area contributed by atoms with Gasteiger partial charge in [0.1, 0.15) is 6.61 Å². The lowest BCUT2D eigenvalue weighted by atomic mass is 9.99. The van der Waals surface area contributed by atoms with Crippen molar-refractivity contribution in [2.75, 3.05) is 26.3 Å². The summed E-state index contributed by atoms with van der Waals surface area (Å²) >= 11 is 0. The van der Waals surface area contributed by atoms with Crippen molar-refractivity contribution in [2.45, 2.75) is 31.3 Å². The number of cyclic esters (lactones) is 1. The van der Waals surface area contributed by atoms with E-state index in [1.165, 1.54) is 4.90 Å². The molecule has 11 heteroatoms. The number of rotatable bonds is 6. The van der Waals surface area contributed by atoms with E-state index in [0.29, 0.717) is 19.3 Å². The van der Waals surface area contributed by atoms with Crippen molar-refractivity contribution in [3.05, 3.63) is 65.0 Å². The van der Waals surface area contributed by atoms with Crippen LogP contribution in [-0.2, 0) is 16.0 Å². The monoisotopic (exact) mass is 484 g/mol. The third kappa shape index (κ3) is 4.64. The quantitative estimate of drug-likeness (QED) is 0.356. The zero-order chi connectivity index (χ0) is 24.4. The first-order valence-corrected chi connectivity index (χ1v) is 10.7. The third-order valence-corrected chi connectivity index (χ3v) is 6.04. The number of nitrogens with zero attached hydrogens (tertiary/aromatic N) is 2. The third-order valence-electron chi connectivity index (χ3n) is 6.04. The van der Waals surface area contributed by atoms with Crippen LogP contribution < -0.4 is 4.74 Å². The number of benzene rings is 2. The molecule has 2 aliphatic heterocycles. The van der Waals surface area contributed by atoms with Gasteiger partial charge in [-0.1, -0.05) is 30.3 Å². The molecule has 2 fully saturated rings. The van der Waals surface area contributed by atoms with E-state index in [2.05, 4.69) is 4.74 Å². The minimum Gasteiger partial charge on any atom is -0.477 e. The van der Waals surface area contributed by atoms with Crippen LogP contribution in [0.1, 0.15) is 18.4 Å². The molecule has 1 atom stereocenters. The van der Waals surface area contributed by atoms with Crippen LogP contribution in [0.4, 0.5) is 26.7 Å². The minimum atomic E-state index is -2.30. The number of hydrogen-bond acceptors (Lipinski definition) is 4. The largest absolute Gasteiger partial charge is 0.477 e. The van der Waals surface area contributed by atoms with E-state index < -0.39 is 53.4 Å². The minimum absolute atomic E-state index is 0.139. The summed E-state index contributed by atoms with van der Waals surface area (Å²) in [6.45, 7) is -0.175. The zero-order valence-corrected chi connectivity index (χ0v) is 17.9. The lowest BCUT2D eigenvalue weighted by Gasteiger charge is -2.37. The van der Waals surface area contributed by atoms with E-state index in [1.807, 2.05) is 30.3 Å². The number of carbonyl (C=O) groups is 2. The first-order chi connectivity index (χ1) is 16.3. The van der Waals surface area contributed by atoms with E-state index in [-0.39, 0.29) is 31.8 Å². The fraction of sp³-hybridized carbons (Fsp3) is 0.391. The molecule has 0 N–H and O–H groups in total. The van der Waals surface area contributed by atoms with Crippen LogP contribution in [-0.4, -0.2) is 60.2 Å². The molecule has 0 aromatic heterocycles. The van der Waals surface area contributed by atoms with Crippen molar-refractivity contribution < 1.29 is 41.0 Å². The van der Waals surface area contributed by atoms with Gasteiger partial charge >= 0.3 is 6.09 Å². The van der Waals surface area contributed by atoms with E-state index in [1.54, 1.807) is 4.90 Å². The molecule has 1 unspecified atom stereocenters. The van der Waals surface area contributed by atoms with Crippen molar-refractivity contribution in [3.8, 4) is 5.75 Å². The number of carbonyl (C=O) groups excluding carboxylic acids is 2. The summed E-state index contributed by atoms with van der Waals surface area (Å²) < 4.78 is 77.1. The highest BCUT2D eigenvalue weighted by Crippen LogP contribution is 2.30. The molecule has 0 saturated carbocycles. The zero-order valence-electron chi connectivity index (χ0n) is 17.9. The number of ether oxygens (including phenoxy) is 2. The number of piperidine rings is 1. The van der Waals surface area contributed by atoms with E-state index in [0.717, 1.165) is 5.56 Å². The number of likely N-dealkylation sites (tertiary alicyclic amines) is 1. The van der Waals surface area contributed by atoms with E-state index in [9.17, 15) is 31.5 Å². The second-order valence-electron chi connectivity index (χ2n) is 8.13. The second-order valence-corrected chi connectivity index (χ2v) is 8.13. The summed E-state index contributed by atoms with van der Waals surface area (Å²) in [5.74, 6) is -13.0. The Labute approximate surface area is 191 Å². The van der Waals surface area contributed by atoms with Gasteiger partial charge in [-0.25, -0.2) is 18.0 Å². The Bertz CT molecular complexity index is 1050. The molecule has 2 saturated heterocycles. The molecular formula is C23H21F5N2O4. The van der Waals surface area contributed by atoms with Gasteiger partial charge < -0.3 is 14.4 Å². The number of amides is 2. The van der Waals surface area contributed by atoms with Gasteiger partial charge in [-0.3, -0.25) is 9.69 Å². The normalized spacial score (nSPS) is 18.9.